The SMILES string of the molecule is CC1(C)OC[C@H]([C@@H](O)[C@H](Cc2cc(F)cc(F)c2)N(Cc2ccccc2)Cc2ccccc2)N1C(=O)O. The zero-order valence-electron chi connectivity index (χ0n) is 20.9. The molecule has 1 heterocycles. The summed E-state index contributed by atoms with van der Waals surface area (Å²) in [5.74, 6) is -1.42. The lowest BCUT2D eigenvalue weighted by Gasteiger charge is -2.40. The molecule has 8 heteroatoms. The van der Waals surface area contributed by atoms with Gasteiger partial charge in [0.15, 0.2) is 0 Å². The van der Waals surface area contributed by atoms with Crippen LogP contribution in [0.5, 0.6) is 0 Å². The quantitative estimate of drug-likeness (QED) is 0.421. The first-order valence-corrected chi connectivity index (χ1v) is 12.3. The Hall–Kier alpha value is -3.33. The van der Waals surface area contributed by atoms with Gasteiger partial charge < -0.3 is 14.9 Å². The maximum Gasteiger partial charge on any atom is 0.410 e. The largest absolute Gasteiger partial charge is 0.465 e. The molecule has 1 amide bonds. The number of hydrogen-bond acceptors (Lipinski definition) is 4. The van der Waals surface area contributed by atoms with Crippen LogP contribution in [-0.2, 0) is 24.2 Å². The highest BCUT2D eigenvalue weighted by molar-refractivity contribution is 5.66. The first-order chi connectivity index (χ1) is 17.6. The van der Waals surface area contributed by atoms with E-state index in [9.17, 15) is 23.8 Å². The molecule has 0 aromatic heterocycles. The van der Waals surface area contributed by atoms with E-state index in [2.05, 4.69) is 0 Å². The normalized spacial score (nSPS) is 18.6. The maximum atomic E-state index is 14.1. The molecule has 3 aromatic rings. The summed E-state index contributed by atoms with van der Waals surface area (Å²) >= 11 is 0. The number of carboxylic acid groups (broad SMARTS) is 1. The standard InChI is InChI=1S/C29H32F2N2O4/c1-29(2)33(28(35)36)26(19-37-29)27(34)25(15-22-13-23(30)16-24(31)14-22)32(17-20-9-5-3-6-10-20)18-21-11-7-4-8-12-21/h3-14,16,25-27,34H,15,17-19H2,1-2H3,(H,35,36)/t25-,26+,27-/m0/s1. The van der Waals surface area contributed by atoms with E-state index in [1.807, 2.05) is 65.6 Å². The fraction of sp³-hybridized carbons (Fsp3) is 0.345. The fourth-order valence-corrected chi connectivity index (χ4v) is 5.08. The van der Waals surface area contributed by atoms with Crippen LogP contribution in [0.2, 0.25) is 0 Å². The molecule has 0 saturated carbocycles. The molecule has 37 heavy (non-hydrogen) atoms. The molecule has 0 bridgehead atoms. The molecule has 196 valence electrons. The van der Waals surface area contributed by atoms with Crippen LogP contribution in [0.1, 0.15) is 30.5 Å². The van der Waals surface area contributed by atoms with Gasteiger partial charge in [-0.05, 0) is 49.1 Å². The van der Waals surface area contributed by atoms with Crippen molar-refractivity contribution in [3.05, 3.63) is 107 Å². The smallest absolute Gasteiger partial charge is 0.410 e. The Labute approximate surface area is 215 Å². The second kappa shape index (κ2) is 11.4. The summed E-state index contributed by atoms with van der Waals surface area (Å²) in [4.78, 5) is 15.3. The van der Waals surface area contributed by atoms with Gasteiger partial charge in [-0.3, -0.25) is 9.80 Å². The lowest BCUT2D eigenvalue weighted by molar-refractivity contribution is -0.0534. The van der Waals surface area contributed by atoms with Gasteiger partial charge in [0.1, 0.15) is 17.4 Å². The van der Waals surface area contributed by atoms with Crippen LogP contribution in [0.3, 0.4) is 0 Å². The average Bonchev–Trinajstić information content (AvgIpc) is 3.17. The van der Waals surface area contributed by atoms with Crippen LogP contribution in [0.15, 0.2) is 78.9 Å². The zero-order valence-corrected chi connectivity index (χ0v) is 20.9. The summed E-state index contributed by atoms with van der Waals surface area (Å²) in [5.41, 5.74) is 1.21. The van der Waals surface area contributed by atoms with Crippen molar-refractivity contribution in [1.29, 1.82) is 0 Å². The predicted octanol–water partition coefficient (Wildman–Crippen LogP) is 5.05. The van der Waals surface area contributed by atoms with Gasteiger partial charge in [0.2, 0.25) is 0 Å². The summed E-state index contributed by atoms with van der Waals surface area (Å²) < 4.78 is 34.0. The molecule has 0 spiro atoms. The first-order valence-electron chi connectivity index (χ1n) is 12.3. The van der Waals surface area contributed by atoms with Gasteiger partial charge in [-0.15, -0.1) is 0 Å². The van der Waals surface area contributed by atoms with E-state index in [0.717, 1.165) is 22.1 Å². The molecule has 1 aliphatic rings. The number of rotatable bonds is 9. The molecule has 0 aliphatic carbocycles. The molecule has 1 saturated heterocycles. The first kappa shape index (κ1) is 26.7. The van der Waals surface area contributed by atoms with Crippen molar-refractivity contribution >= 4 is 6.09 Å². The number of aliphatic hydroxyl groups excluding tert-OH is 1. The van der Waals surface area contributed by atoms with E-state index >= 15 is 0 Å². The van der Waals surface area contributed by atoms with Crippen molar-refractivity contribution in [2.45, 2.75) is 57.3 Å². The van der Waals surface area contributed by atoms with Crippen molar-refractivity contribution in [3.8, 4) is 0 Å². The Balaban J connectivity index is 1.75. The van der Waals surface area contributed by atoms with Gasteiger partial charge in [-0.2, -0.15) is 0 Å². The molecule has 0 radical (unpaired) electrons. The molecule has 4 rings (SSSR count). The summed E-state index contributed by atoms with van der Waals surface area (Å²) in [6.45, 7) is 4.13. The Morgan fingerprint density at radius 3 is 1.97 bits per heavy atom. The number of halogens is 2. The topological polar surface area (TPSA) is 73.2 Å². The minimum Gasteiger partial charge on any atom is -0.465 e. The molecule has 6 nitrogen and oxygen atoms in total. The van der Waals surface area contributed by atoms with Crippen molar-refractivity contribution in [2.24, 2.45) is 0 Å². The van der Waals surface area contributed by atoms with E-state index in [4.69, 9.17) is 4.74 Å². The van der Waals surface area contributed by atoms with E-state index < -0.39 is 41.6 Å². The van der Waals surface area contributed by atoms with Gasteiger partial charge in [0.05, 0.1) is 18.8 Å². The molecule has 3 aromatic carbocycles. The Bertz CT molecular complexity index is 1130. The second-order valence-electron chi connectivity index (χ2n) is 9.89. The van der Waals surface area contributed by atoms with Crippen molar-refractivity contribution in [3.63, 3.8) is 0 Å². The Kier molecular flexibility index (Phi) is 8.22. The third kappa shape index (κ3) is 6.52. The maximum absolute atomic E-state index is 14.1. The highest BCUT2D eigenvalue weighted by Crippen LogP contribution is 2.32. The number of ether oxygens (including phenoxy) is 1. The monoisotopic (exact) mass is 510 g/mol. The van der Waals surface area contributed by atoms with E-state index in [0.29, 0.717) is 18.7 Å². The summed E-state index contributed by atoms with van der Waals surface area (Å²) in [7, 11) is 0. The Morgan fingerprint density at radius 1 is 0.973 bits per heavy atom. The average molecular weight is 511 g/mol. The van der Waals surface area contributed by atoms with Gasteiger partial charge in [-0.1, -0.05) is 60.7 Å². The number of nitrogens with zero attached hydrogens (tertiary/aromatic N) is 2. The highest BCUT2D eigenvalue weighted by atomic mass is 19.1. The highest BCUT2D eigenvalue weighted by Gasteiger charge is 2.49. The third-order valence-corrected chi connectivity index (χ3v) is 6.81. The van der Waals surface area contributed by atoms with E-state index in [1.54, 1.807) is 13.8 Å². The molecular formula is C29H32F2N2O4. The number of carbonyl (C=O) groups is 1. The summed E-state index contributed by atoms with van der Waals surface area (Å²) in [6.07, 6.45) is -2.32. The molecule has 2 N–H and O–H groups in total. The molecular weight excluding hydrogens is 478 g/mol. The molecule has 0 unspecified atom stereocenters. The van der Waals surface area contributed by atoms with E-state index in [1.165, 1.54) is 12.1 Å². The predicted molar refractivity (Wildman–Crippen MR) is 136 cm³/mol. The summed E-state index contributed by atoms with van der Waals surface area (Å²) in [6, 6.07) is 21.1. The van der Waals surface area contributed by atoms with Crippen LogP contribution >= 0.6 is 0 Å². The second-order valence-corrected chi connectivity index (χ2v) is 9.89. The van der Waals surface area contributed by atoms with E-state index in [-0.39, 0.29) is 13.0 Å². The van der Waals surface area contributed by atoms with Crippen LogP contribution in [0.4, 0.5) is 13.6 Å². The van der Waals surface area contributed by atoms with Gasteiger partial charge >= 0.3 is 6.09 Å². The van der Waals surface area contributed by atoms with Crippen molar-refractivity contribution in [2.75, 3.05) is 6.61 Å². The lowest BCUT2D eigenvalue weighted by atomic mass is 9.93. The fourth-order valence-electron chi connectivity index (χ4n) is 5.08. The van der Waals surface area contributed by atoms with Crippen LogP contribution < -0.4 is 0 Å². The van der Waals surface area contributed by atoms with Gasteiger partial charge in [-0.25, -0.2) is 13.6 Å². The van der Waals surface area contributed by atoms with Crippen molar-refractivity contribution < 1.29 is 28.5 Å². The van der Waals surface area contributed by atoms with Crippen LogP contribution in [-0.4, -0.2) is 56.6 Å². The lowest BCUT2D eigenvalue weighted by Crippen LogP contribution is -2.57. The number of amides is 1. The third-order valence-electron chi connectivity index (χ3n) is 6.81. The van der Waals surface area contributed by atoms with Crippen molar-refractivity contribution in [1.82, 2.24) is 9.80 Å². The van der Waals surface area contributed by atoms with Crippen LogP contribution in [0, 0.1) is 11.6 Å². The number of hydrogen-bond donors (Lipinski definition) is 2. The minimum absolute atomic E-state index is 0.000999. The van der Waals surface area contributed by atoms with Gasteiger partial charge in [0.25, 0.3) is 0 Å². The summed E-state index contributed by atoms with van der Waals surface area (Å²) in [5, 5.41) is 21.7. The van der Waals surface area contributed by atoms with Crippen LogP contribution in [0.25, 0.3) is 0 Å². The zero-order chi connectivity index (χ0) is 26.6. The molecule has 1 aliphatic heterocycles. The Morgan fingerprint density at radius 2 is 1.49 bits per heavy atom. The number of benzene rings is 3. The minimum atomic E-state index is -1.21. The molecule has 1 fully saturated rings. The molecule has 3 atom stereocenters. The number of aliphatic hydroxyl groups is 1. The van der Waals surface area contributed by atoms with Gasteiger partial charge in [0, 0.05) is 25.2 Å².